The van der Waals surface area contributed by atoms with E-state index in [1.165, 1.54) is 0 Å². The molecule has 1 saturated carbocycles. The number of hydrogen-bond donors (Lipinski definition) is 3. The Morgan fingerprint density at radius 2 is 2.00 bits per heavy atom. The van der Waals surface area contributed by atoms with Crippen molar-refractivity contribution in [3.05, 3.63) is 35.9 Å². The molecule has 20 heavy (non-hydrogen) atoms. The number of carboxylic acid groups (broad SMARTS) is 1. The first-order valence-corrected chi connectivity index (χ1v) is 6.87. The Bertz CT molecular complexity index is 475. The molecule has 0 heterocycles. The zero-order valence-corrected chi connectivity index (χ0v) is 11.5. The molecule has 1 aliphatic carbocycles. The number of carbonyl (C=O) groups excluding carboxylic acids is 1. The average Bonchev–Trinajstić information content (AvgIpc) is 3.12. The monoisotopic (exact) mass is 276 g/mol. The molecule has 3 N–H and O–H groups in total. The number of amides is 2. The highest BCUT2D eigenvalue weighted by Crippen LogP contribution is 2.36. The van der Waals surface area contributed by atoms with Gasteiger partial charge in [-0.2, -0.15) is 0 Å². The van der Waals surface area contributed by atoms with Crippen molar-refractivity contribution in [3.63, 3.8) is 0 Å². The number of hydrogen-bond acceptors (Lipinski definition) is 2. The van der Waals surface area contributed by atoms with Crippen LogP contribution in [0.3, 0.4) is 0 Å². The number of nitrogens with one attached hydrogen (secondary N) is 2. The SMILES string of the molecule is CC1CC1CNC(=O)NC(CC(=O)O)c1ccccc1. The van der Waals surface area contributed by atoms with Gasteiger partial charge in [-0.3, -0.25) is 4.79 Å². The molecular weight excluding hydrogens is 256 g/mol. The Kier molecular flexibility index (Phi) is 4.61. The van der Waals surface area contributed by atoms with Crippen LogP contribution in [0, 0.1) is 11.8 Å². The van der Waals surface area contributed by atoms with Crippen molar-refractivity contribution in [1.29, 1.82) is 0 Å². The van der Waals surface area contributed by atoms with Gasteiger partial charge in [0.05, 0.1) is 12.5 Å². The van der Waals surface area contributed by atoms with Crippen LogP contribution in [0.2, 0.25) is 0 Å². The van der Waals surface area contributed by atoms with Crippen LogP contribution in [0.4, 0.5) is 4.79 Å². The number of benzene rings is 1. The molecule has 0 spiro atoms. The summed E-state index contributed by atoms with van der Waals surface area (Å²) >= 11 is 0. The number of carboxylic acids is 1. The first-order valence-electron chi connectivity index (χ1n) is 6.87. The van der Waals surface area contributed by atoms with E-state index in [0.29, 0.717) is 18.4 Å². The van der Waals surface area contributed by atoms with Gasteiger partial charge in [0.15, 0.2) is 0 Å². The molecule has 5 nitrogen and oxygen atoms in total. The maximum Gasteiger partial charge on any atom is 0.315 e. The van der Waals surface area contributed by atoms with Crippen molar-refractivity contribution in [2.75, 3.05) is 6.54 Å². The fourth-order valence-electron chi connectivity index (χ4n) is 2.23. The first kappa shape index (κ1) is 14.4. The Morgan fingerprint density at radius 1 is 1.35 bits per heavy atom. The molecule has 1 aromatic rings. The first-order chi connectivity index (χ1) is 9.56. The molecule has 2 rings (SSSR count). The van der Waals surface area contributed by atoms with Gasteiger partial charge in [0, 0.05) is 6.54 Å². The van der Waals surface area contributed by atoms with Crippen LogP contribution in [0.1, 0.15) is 31.4 Å². The van der Waals surface area contributed by atoms with Gasteiger partial charge in [0.1, 0.15) is 0 Å². The Hall–Kier alpha value is -2.04. The van der Waals surface area contributed by atoms with Crippen molar-refractivity contribution < 1.29 is 14.7 Å². The summed E-state index contributed by atoms with van der Waals surface area (Å²) in [5.41, 5.74) is 0.796. The maximum absolute atomic E-state index is 11.8. The highest BCUT2D eigenvalue weighted by molar-refractivity contribution is 5.76. The molecular formula is C15H20N2O3. The van der Waals surface area contributed by atoms with E-state index in [9.17, 15) is 9.59 Å². The van der Waals surface area contributed by atoms with Crippen LogP contribution >= 0.6 is 0 Å². The van der Waals surface area contributed by atoms with E-state index in [0.717, 1.165) is 12.0 Å². The molecule has 108 valence electrons. The molecule has 0 saturated heterocycles. The lowest BCUT2D eigenvalue weighted by molar-refractivity contribution is -0.137. The number of aliphatic carboxylic acids is 1. The summed E-state index contributed by atoms with van der Waals surface area (Å²) in [5.74, 6) is 0.310. The lowest BCUT2D eigenvalue weighted by Gasteiger charge is -2.18. The van der Waals surface area contributed by atoms with Crippen molar-refractivity contribution in [2.45, 2.75) is 25.8 Å². The number of carbonyl (C=O) groups is 2. The van der Waals surface area contributed by atoms with Gasteiger partial charge in [0.25, 0.3) is 0 Å². The second kappa shape index (κ2) is 6.41. The summed E-state index contributed by atoms with van der Waals surface area (Å²) in [5, 5.41) is 14.5. The van der Waals surface area contributed by atoms with Gasteiger partial charge in [0.2, 0.25) is 0 Å². The summed E-state index contributed by atoms with van der Waals surface area (Å²) in [7, 11) is 0. The second-order valence-corrected chi connectivity index (χ2v) is 5.39. The fraction of sp³-hybridized carbons (Fsp3) is 0.467. The molecule has 5 heteroatoms. The summed E-state index contributed by atoms with van der Waals surface area (Å²) in [6, 6.07) is 8.33. The summed E-state index contributed by atoms with van der Waals surface area (Å²) in [6.45, 7) is 2.81. The lowest BCUT2D eigenvalue weighted by atomic mass is 10.0. The zero-order valence-electron chi connectivity index (χ0n) is 11.5. The third-order valence-electron chi connectivity index (χ3n) is 3.69. The van der Waals surface area contributed by atoms with Gasteiger partial charge in [-0.15, -0.1) is 0 Å². The summed E-state index contributed by atoms with van der Waals surface area (Å²) in [6.07, 6.45) is 1.02. The van der Waals surface area contributed by atoms with Crippen LogP contribution in [0.15, 0.2) is 30.3 Å². The number of rotatable bonds is 6. The van der Waals surface area contributed by atoms with Crippen LogP contribution in [-0.4, -0.2) is 23.7 Å². The normalized spacial score (nSPS) is 21.9. The Morgan fingerprint density at radius 3 is 2.55 bits per heavy atom. The molecule has 2 amide bonds. The molecule has 3 atom stereocenters. The van der Waals surface area contributed by atoms with E-state index in [1.807, 2.05) is 30.3 Å². The van der Waals surface area contributed by atoms with E-state index >= 15 is 0 Å². The van der Waals surface area contributed by atoms with E-state index in [2.05, 4.69) is 17.6 Å². The quantitative estimate of drug-likeness (QED) is 0.745. The summed E-state index contributed by atoms with van der Waals surface area (Å²) in [4.78, 5) is 22.7. The van der Waals surface area contributed by atoms with E-state index in [4.69, 9.17) is 5.11 Å². The Labute approximate surface area is 118 Å². The fourth-order valence-corrected chi connectivity index (χ4v) is 2.23. The maximum atomic E-state index is 11.8. The van der Waals surface area contributed by atoms with Crippen molar-refractivity contribution in [3.8, 4) is 0 Å². The average molecular weight is 276 g/mol. The molecule has 0 aliphatic heterocycles. The molecule has 0 radical (unpaired) electrons. The van der Waals surface area contributed by atoms with Crippen LogP contribution < -0.4 is 10.6 Å². The van der Waals surface area contributed by atoms with Crippen LogP contribution in [0.25, 0.3) is 0 Å². The molecule has 1 aliphatic rings. The minimum atomic E-state index is -0.935. The Balaban J connectivity index is 1.89. The summed E-state index contributed by atoms with van der Waals surface area (Å²) < 4.78 is 0. The standard InChI is InChI=1S/C15H20N2O3/c1-10-7-12(10)9-16-15(20)17-13(8-14(18)19)11-5-3-2-4-6-11/h2-6,10,12-13H,7-9H2,1H3,(H,18,19)(H2,16,17,20). The van der Waals surface area contributed by atoms with Gasteiger partial charge in [-0.05, 0) is 23.8 Å². The highest BCUT2D eigenvalue weighted by Gasteiger charge is 2.32. The molecule has 1 aromatic carbocycles. The third-order valence-corrected chi connectivity index (χ3v) is 3.69. The predicted molar refractivity (Wildman–Crippen MR) is 75.2 cm³/mol. The van der Waals surface area contributed by atoms with Crippen molar-refractivity contribution >= 4 is 12.0 Å². The highest BCUT2D eigenvalue weighted by atomic mass is 16.4. The molecule has 1 fully saturated rings. The number of urea groups is 1. The zero-order chi connectivity index (χ0) is 14.5. The van der Waals surface area contributed by atoms with Gasteiger partial charge < -0.3 is 15.7 Å². The lowest BCUT2D eigenvalue weighted by Crippen LogP contribution is -2.39. The minimum Gasteiger partial charge on any atom is -0.481 e. The van der Waals surface area contributed by atoms with Crippen molar-refractivity contribution in [1.82, 2.24) is 10.6 Å². The predicted octanol–water partition coefficient (Wildman–Crippen LogP) is 2.16. The minimum absolute atomic E-state index is 0.128. The smallest absolute Gasteiger partial charge is 0.315 e. The molecule has 3 unspecified atom stereocenters. The third kappa shape index (κ3) is 4.26. The van der Waals surface area contributed by atoms with E-state index in [1.54, 1.807) is 0 Å². The van der Waals surface area contributed by atoms with Gasteiger partial charge in [-0.1, -0.05) is 37.3 Å². The van der Waals surface area contributed by atoms with E-state index in [-0.39, 0.29) is 12.5 Å². The molecule has 0 aromatic heterocycles. The van der Waals surface area contributed by atoms with Crippen molar-refractivity contribution in [2.24, 2.45) is 11.8 Å². The van der Waals surface area contributed by atoms with Crippen LogP contribution in [0.5, 0.6) is 0 Å². The second-order valence-electron chi connectivity index (χ2n) is 5.39. The molecule has 0 bridgehead atoms. The van der Waals surface area contributed by atoms with Gasteiger partial charge >= 0.3 is 12.0 Å². The topological polar surface area (TPSA) is 78.4 Å². The van der Waals surface area contributed by atoms with E-state index < -0.39 is 12.0 Å². The van der Waals surface area contributed by atoms with Crippen LogP contribution in [-0.2, 0) is 4.79 Å². The largest absolute Gasteiger partial charge is 0.481 e. The van der Waals surface area contributed by atoms with Gasteiger partial charge in [-0.25, -0.2) is 4.79 Å².